The van der Waals surface area contributed by atoms with Crippen molar-refractivity contribution in [3.8, 4) is 5.75 Å². The number of ether oxygens (including phenoxy) is 1. The third-order valence-corrected chi connectivity index (χ3v) is 4.85. The Labute approximate surface area is 178 Å². The molecule has 2 aromatic rings. The summed E-state index contributed by atoms with van der Waals surface area (Å²) in [5.41, 5.74) is 2.28. The Morgan fingerprint density at radius 1 is 1.10 bits per heavy atom. The first-order chi connectivity index (χ1) is 14.2. The second-order valence-corrected chi connectivity index (χ2v) is 7.99. The molecule has 2 rings (SSSR count). The minimum atomic E-state index is -0.766. The van der Waals surface area contributed by atoms with Crippen molar-refractivity contribution in [2.75, 3.05) is 13.2 Å². The Kier molecular flexibility index (Phi) is 8.39. The number of hydrogen-bond acceptors (Lipinski definition) is 3. The van der Waals surface area contributed by atoms with E-state index in [4.69, 9.17) is 4.74 Å². The van der Waals surface area contributed by atoms with Crippen LogP contribution in [0.25, 0.3) is 0 Å². The van der Waals surface area contributed by atoms with Gasteiger partial charge in [0.2, 0.25) is 5.91 Å². The van der Waals surface area contributed by atoms with Crippen LogP contribution in [0.15, 0.2) is 42.5 Å². The maximum atomic E-state index is 14.2. The van der Waals surface area contributed by atoms with E-state index in [2.05, 4.69) is 5.32 Å². The average molecular weight is 415 g/mol. The Morgan fingerprint density at radius 2 is 1.80 bits per heavy atom. The number of amides is 2. The van der Waals surface area contributed by atoms with Crippen LogP contribution < -0.4 is 10.1 Å². The molecule has 2 amide bonds. The Bertz CT molecular complexity index is 883. The van der Waals surface area contributed by atoms with E-state index in [0.717, 1.165) is 11.1 Å². The summed E-state index contributed by atoms with van der Waals surface area (Å²) in [6.07, 6.45) is 0. The van der Waals surface area contributed by atoms with Crippen LogP contribution >= 0.6 is 0 Å². The van der Waals surface area contributed by atoms with Gasteiger partial charge < -0.3 is 15.0 Å². The van der Waals surface area contributed by atoms with Crippen LogP contribution in [-0.4, -0.2) is 35.9 Å². The summed E-state index contributed by atoms with van der Waals surface area (Å²) in [4.78, 5) is 27.0. The molecule has 0 aromatic heterocycles. The van der Waals surface area contributed by atoms with Crippen LogP contribution in [0.1, 0.15) is 37.5 Å². The van der Waals surface area contributed by atoms with E-state index >= 15 is 0 Å². The van der Waals surface area contributed by atoms with Crippen molar-refractivity contribution in [1.29, 1.82) is 0 Å². The van der Waals surface area contributed by atoms with Gasteiger partial charge in [-0.1, -0.05) is 44.2 Å². The quantitative estimate of drug-likeness (QED) is 0.674. The summed E-state index contributed by atoms with van der Waals surface area (Å²) in [6, 6.07) is 11.2. The number of nitrogens with zero attached hydrogens (tertiary/aromatic N) is 1. The molecule has 1 atom stereocenters. The molecule has 2 aromatic carbocycles. The molecule has 0 bridgehead atoms. The molecule has 0 saturated heterocycles. The van der Waals surface area contributed by atoms with Gasteiger partial charge in [0.05, 0.1) is 0 Å². The third kappa shape index (κ3) is 6.58. The molecule has 0 fully saturated rings. The van der Waals surface area contributed by atoms with E-state index in [9.17, 15) is 14.0 Å². The highest BCUT2D eigenvalue weighted by atomic mass is 19.1. The maximum Gasteiger partial charge on any atom is 0.261 e. The summed E-state index contributed by atoms with van der Waals surface area (Å²) in [6.45, 7) is 9.73. The van der Waals surface area contributed by atoms with Crippen molar-refractivity contribution >= 4 is 11.8 Å². The predicted molar refractivity (Wildman–Crippen MR) is 116 cm³/mol. The smallest absolute Gasteiger partial charge is 0.261 e. The van der Waals surface area contributed by atoms with Crippen LogP contribution in [0.5, 0.6) is 5.75 Å². The highest BCUT2D eigenvalue weighted by molar-refractivity contribution is 5.88. The number of halogens is 1. The van der Waals surface area contributed by atoms with Gasteiger partial charge in [-0.15, -0.1) is 0 Å². The topological polar surface area (TPSA) is 58.6 Å². The van der Waals surface area contributed by atoms with Crippen LogP contribution in [-0.2, 0) is 16.1 Å². The molecule has 0 radical (unpaired) electrons. The van der Waals surface area contributed by atoms with Gasteiger partial charge in [0.1, 0.15) is 17.6 Å². The molecule has 0 unspecified atom stereocenters. The number of nitrogens with one attached hydrogen (secondary N) is 1. The fourth-order valence-corrected chi connectivity index (χ4v) is 2.93. The molecule has 0 aliphatic rings. The molecular weight excluding hydrogens is 383 g/mol. The van der Waals surface area contributed by atoms with Gasteiger partial charge >= 0.3 is 0 Å². The lowest BCUT2D eigenvalue weighted by atomic mass is 10.1. The van der Waals surface area contributed by atoms with Crippen LogP contribution in [0, 0.1) is 25.6 Å². The summed E-state index contributed by atoms with van der Waals surface area (Å²) < 4.78 is 19.9. The summed E-state index contributed by atoms with van der Waals surface area (Å²) in [7, 11) is 0. The van der Waals surface area contributed by atoms with Gasteiger partial charge in [-0.05, 0) is 49.9 Å². The fraction of sp³-hybridized carbons (Fsp3) is 0.417. The first-order valence-electron chi connectivity index (χ1n) is 10.2. The zero-order valence-corrected chi connectivity index (χ0v) is 18.4. The van der Waals surface area contributed by atoms with Crippen molar-refractivity contribution in [1.82, 2.24) is 10.2 Å². The predicted octanol–water partition coefficient (Wildman–Crippen LogP) is 4.01. The number of carbonyl (C=O) groups is 2. The molecule has 0 spiro atoms. The largest absolute Gasteiger partial charge is 0.483 e. The fourth-order valence-electron chi connectivity index (χ4n) is 2.93. The Balaban J connectivity index is 2.18. The van der Waals surface area contributed by atoms with E-state index < -0.39 is 11.9 Å². The highest BCUT2D eigenvalue weighted by Gasteiger charge is 2.27. The standard InChI is InChI=1S/C24H31FN2O3/c1-16(2)13-26-24(29)19(5)27(14-20-8-6-7-9-21(20)25)23(28)15-30-22-12-17(3)10-11-18(22)4/h6-12,16,19H,13-15H2,1-5H3,(H,26,29)/t19-/m1/s1. The lowest BCUT2D eigenvalue weighted by Crippen LogP contribution is -2.49. The van der Waals surface area contributed by atoms with Crippen LogP contribution in [0.3, 0.4) is 0 Å². The van der Waals surface area contributed by atoms with Crippen molar-refractivity contribution in [3.05, 3.63) is 65.0 Å². The molecular formula is C24H31FN2O3. The van der Waals surface area contributed by atoms with Gasteiger partial charge in [-0.3, -0.25) is 9.59 Å². The minimum Gasteiger partial charge on any atom is -0.483 e. The van der Waals surface area contributed by atoms with E-state index in [-0.39, 0.29) is 30.9 Å². The molecule has 0 saturated carbocycles. The van der Waals surface area contributed by atoms with Crippen molar-refractivity contribution in [2.45, 2.75) is 47.2 Å². The first-order valence-corrected chi connectivity index (χ1v) is 10.2. The summed E-state index contributed by atoms with van der Waals surface area (Å²) in [5.74, 6) is -0.178. The van der Waals surface area contributed by atoms with Crippen LogP contribution in [0.2, 0.25) is 0 Å². The van der Waals surface area contributed by atoms with E-state index in [0.29, 0.717) is 17.9 Å². The number of rotatable bonds is 9. The van der Waals surface area contributed by atoms with Crippen LogP contribution in [0.4, 0.5) is 4.39 Å². The summed E-state index contributed by atoms with van der Waals surface area (Å²) in [5, 5.41) is 2.84. The third-order valence-electron chi connectivity index (χ3n) is 4.85. The SMILES string of the molecule is Cc1ccc(C)c(OCC(=O)N(Cc2ccccc2F)[C@H](C)C(=O)NCC(C)C)c1. The molecule has 1 N–H and O–H groups in total. The summed E-state index contributed by atoms with van der Waals surface area (Å²) >= 11 is 0. The molecule has 0 heterocycles. The number of hydrogen-bond donors (Lipinski definition) is 1. The van der Waals surface area contributed by atoms with Gasteiger partial charge in [0.25, 0.3) is 5.91 Å². The Hall–Kier alpha value is -2.89. The van der Waals surface area contributed by atoms with Crippen molar-refractivity contribution in [3.63, 3.8) is 0 Å². The lowest BCUT2D eigenvalue weighted by molar-refractivity contribution is -0.142. The van der Waals surface area contributed by atoms with Crippen molar-refractivity contribution in [2.24, 2.45) is 5.92 Å². The normalized spacial score (nSPS) is 11.8. The van der Waals surface area contributed by atoms with Gasteiger partial charge in [0.15, 0.2) is 6.61 Å². The molecule has 5 nitrogen and oxygen atoms in total. The van der Waals surface area contributed by atoms with E-state index in [1.807, 2.05) is 45.9 Å². The van der Waals surface area contributed by atoms with Gasteiger partial charge in [-0.25, -0.2) is 4.39 Å². The minimum absolute atomic E-state index is 0.0159. The number of aryl methyl sites for hydroxylation is 2. The van der Waals surface area contributed by atoms with E-state index in [1.54, 1.807) is 25.1 Å². The zero-order chi connectivity index (χ0) is 22.3. The second-order valence-electron chi connectivity index (χ2n) is 7.99. The van der Waals surface area contributed by atoms with Gasteiger partial charge in [0, 0.05) is 18.7 Å². The highest BCUT2D eigenvalue weighted by Crippen LogP contribution is 2.20. The molecule has 0 aliphatic carbocycles. The first kappa shape index (κ1) is 23.4. The average Bonchev–Trinajstić information content (AvgIpc) is 2.71. The second kappa shape index (κ2) is 10.8. The number of benzene rings is 2. The molecule has 0 aliphatic heterocycles. The monoisotopic (exact) mass is 414 g/mol. The van der Waals surface area contributed by atoms with Crippen molar-refractivity contribution < 1.29 is 18.7 Å². The Morgan fingerprint density at radius 3 is 2.47 bits per heavy atom. The maximum absolute atomic E-state index is 14.2. The molecule has 162 valence electrons. The molecule has 6 heteroatoms. The molecule has 30 heavy (non-hydrogen) atoms. The number of carbonyl (C=O) groups excluding carboxylic acids is 2. The van der Waals surface area contributed by atoms with Gasteiger partial charge in [-0.2, -0.15) is 0 Å². The lowest BCUT2D eigenvalue weighted by Gasteiger charge is -2.29. The van der Waals surface area contributed by atoms with E-state index in [1.165, 1.54) is 11.0 Å². The zero-order valence-electron chi connectivity index (χ0n) is 18.4.